The largest absolute Gasteiger partial charge is 0.460 e. The molecule has 0 aliphatic carbocycles. The van der Waals surface area contributed by atoms with Crippen LogP contribution in [0.5, 0.6) is 0 Å². The average Bonchev–Trinajstić information content (AvgIpc) is 2.58. The number of aryl methyl sites for hydroxylation is 1. The quantitative estimate of drug-likeness (QED) is 0.594. The minimum Gasteiger partial charge on any atom is -0.460 e. The molecule has 1 aliphatic rings. The second-order valence-corrected chi connectivity index (χ2v) is 5.50. The molecule has 1 heterocycles. The number of nitrogens with one attached hydrogen (secondary N) is 2. The number of ether oxygens (including phenoxy) is 2. The number of carbonyl (C=O) groups is 2. The Morgan fingerprint density at radius 2 is 1.88 bits per heavy atom. The molecule has 0 unspecified atom stereocenters. The maximum atomic E-state index is 12.5. The van der Waals surface area contributed by atoms with E-state index in [1.54, 1.807) is 6.92 Å². The molecule has 0 radical (unpaired) electrons. The van der Waals surface area contributed by atoms with Crippen molar-refractivity contribution in [1.82, 2.24) is 10.6 Å². The fraction of sp³-hybridized carbons (Fsp3) is 0.444. The van der Waals surface area contributed by atoms with Gasteiger partial charge in [0, 0.05) is 12.3 Å². The van der Waals surface area contributed by atoms with Crippen molar-refractivity contribution in [3.63, 3.8) is 0 Å². The van der Waals surface area contributed by atoms with Gasteiger partial charge < -0.3 is 20.1 Å². The van der Waals surface area contributed by atoms with Gasteiger partial charge in [-0.25, -0.2) is 9.59 Å². The summed E-state index contributed by atoms with van der Waals surface area (Å²) in [5.74, 6) is -0.454. The normalized spacial score (nSPS) is 17.3. The van der Waals surface area contributed by atoms with E-state index in [1.165, 1.54) is 5.56 Å². The van der Waals surface area contributed by atoms with Crippen molar-refractivity contribution >= 4 is 12.0 Å². The van der Waals surface area contributed by atoms with Gasteiger partial charge in [-0.1, -0.05) is 31.2 Å². The summed E-state index contributed by atoms with van der Waals surface area (Å²) in [7, 11) is 0. The topological polar surface area (TPSA) is 76.7 Å². The van der Waals surface area contributed by atoms with Crippen molar-refractivity contribution in [2.24, 2.45) is 0 Å². The molecule has 24 heavy (non-hydrogen) atoms. The minimum atomic E-state index is -0.524. The number of hydrogen-bond donors (Lipinski definition) is 2. The van der Waals surface area contributed by atoms with Crippen LogP contribution in [0.25, 0.3) is 0 Å². The fourth-order valence-corrected chi connectivity index (χ4v) is 2.58. The van der Waals surface area contributed by atoms with Crippen LogP contribution >= 0.6 is 0 Å². The van der Waals surface area contributed by atoms with Gasteiger partial charge in [0.2, 0.25) is 0 Å². The second kappa shape index (κ2) is 8.49. The lowest BCUT2D eigenvalue weighted by Gasteiger charge is -2.28. The van der Waals surface area contributed by atoms with Crippen LogP contribution in [0.3, 0.4) is 0 Å². The molecule has 2 rings (SSSR count). The Labute approximate surface area is 142 Å². The first-order chi connectivity index (χ1) is 11.6. The molecule has 0 spiro atoms. The standard InChI is InChI=1S/C18H24N2O4/c1-4-13-6-8-14(9-7-13)16-15(12(3)19-18(22)20-16)17(21)24-11-10-23-5-2/h6-9,16H,4-5,10-11H2,1-3H3,(H2,19,20,22)/t16-/m1/s1. The second-order valence-electron chi connectivity index (χ2n) is 5.50. The molecule has 0 aromatic heterocycles. The average molecular weight is 332 g/mol. The number of benzene rings is 1. The third-order valence-electron chi connectivity index (χ3n) is 3.88. The zero-order valence-electron chi connectivity index (χ0n) is 14.3. The van der Waals surface area contributed by atoms with Gasteiger partial charge in [-0.05, 0) is 31.4 Å². The van der Waals surface area contributed by atoms with Crippen LogP contribution in [0.1, 0.15) is 37.9 Å². The van der Waals surface area contributed by atoms with Crippen LogP contribution < -0.4 is 10.6 Å². The van der Waals surface area contributed by atoms with E-state index in [2.05, 4.69) is 17.6 Å². The zero-order valence-corrected chi connectivity index (χ0v) is 14.3. The first-order valence-electron chi connectivity index (χ1n) is 8.18. The maximum absolute atomic E-state index is 12.5. The molecule has 1 aliphatic heterocycles. The van der Waals surface area contributed by atoms with E-state index in [-0.39, 0.29) is 12.6 Å². The summed E-state index contributed by atoms with van der Waals surface area (Å²) in [6, 6.07) is 6.99. The fourth-order valence-electron chi connectivity index (χ4n) is 2.58. The van der Waals surface area contributed by atoms with Gasteiger partial charge in [-0.3, -0.25) is 0 Å². The maximum Gasteiger partial charge on any atom is 0.338 e. The first-order valence-corrected chi connectivity index (χ1v) is 8.18. The molecule has 0 bridgehead atoms. The van der Waals surface area contributed by atoms with Crippen molar-refractivity contribution in [2.45, 2.75) is 33.2 Å². The number of amides is 2. The van der Waals surface area contributed by atoms with Crippen molar-refractivity contribution < 1.29 is 19.1 Å². The summed E-state index contributed by atoms with van der Waals surface area (Å²) in [6.45, 7) is 6.76. The summed E-state index contributed by atoms with van der Waals surface area (Å²) in [5, 5.41) is 5.42. The van der Waals surface area contributed by atoms with Gasteiger partial charge in [-0.2, -0.15) is 0 Å². The van der Waals surface area contributed by atoms with Gasteiger partial charge in [0.1, 0.15) is 6.61 Å². The molecular formula is C18H24N2O4. The van der Waals surface area contributed by atoms with Crippen molar-refractivity contribution in [3.05, 3.63) is 46.7 Å². The molecular weight excluding hydrogens is 308 g/mol. The lowest BCUT2D eigenvalue weighted by atomic mass is 9.94. The van der Waals surface area contributed by atoms with Crippen molar-refractivity contribution in [1.29, 1.82) is 0 Å². The van der Waals surface area contributed by atoms with E-state index in [9.17, 15) is 9.59 Å². The van der Waals surface area contributed by atoms with Gasteiger partial charge in [0.05, 0.1) is 18.2 Å². The van der Waals surface area contributed by atoms with Gasteiger partial charge in [-0.15, -0.1) is 0 Å². The van der Waals surface area contributed by atoms with E-state index in [1.807, 2.05) is 31.2 Å². The van der Waals surface area contributed by atoms with E-state index in [0.717, 1.165) is 12.0 Å². The molecule has 1 aromatic rings. The highest BCUT2D eigenvalue weighted by Gasteiger charge is 2.32. The number of rotatable bonds is 7. The predicted molar refractivity (Wildman–Crippen MR) is 90.4 cm³/mol. The van der Waals surface area contributed by atoms with Gasteiger partial charge in [0.15, 0.2) is 0 Å². The minimum absolute atomic E-state index is 0.179. The SMILES string of the molecule is CCOCCOC(=O)C1=C(C)NC(=O)N[C@@H]1c1ccc(CC)cc1. The van der Waals surface area contributed by atoms with E-state index in [0.29, 0.717) is 24.5 Å². The third-order valence-corrected chi connectivity index (χ3v) is 3.88. The van der Waals surface area contributed by atoms with E-state index < -0.39 is 12.0 Å². The molecule has 0 saturated carbocycles. The Balaban J connectivity index is 2.21. The molecule has 0 fully saturated rings. The smallest absolute Gasteiger partial charge is 0.338 e. The Morgan fingerprint density at radius 3 is 2.50 bits per heavy atom. The lowest BCUT2D eigenvalue weighted by Crippen LogP contribution is -2.45. The van der Waals surface area contributed by atoms with Crippen LogP contribution in [0.4, 0.5) is 4.79 Å². The highest BCUT2D eigenvalue weighted by molar-refractivity contribution is 5.95. The number of carbonyl (C=O) groups excluding carboxylic acids is 2. The molecule has 6 heteroatoms. The highest BCUT2D eigenvalue weighted by Crippen LogP contribution is 2.27. The van der Waals surface area contributed by atoms with Crippen molar-refractivity contribution in [3.8, 4) is 0 Å². The number of allylic oxidation sites excluding steroid dienone is 1. The summed E-state index contributed by atoms with van der Waals surface area (Å²) >= 11 is 0. The summed E-state index contributed by atoms with van der Waals surface area (Å²) in [4.78, 5) is 24.3. The molecule has 2 N–H and O–H groups in total. The van der Waals surface area contributed by atoms with Crippen LogP contribution in [-0.2, 0) is 20.7 Å². The number of urea groups is 1. The summed E-state index contributed by atoms with van der Waals surface area (Å²) in [6.07, 6.45) is 0.931. The highest BCUT2D eigenvalue weighted by atomic mass is 16.6. The van der Waals surface area contributed by atoms with Gasteiger partial charge >= 0.3 is 12.0 Å². The third kappa shape index (κ3) is 4.35. The molecule has 6 nitrogen and oxygen atoms in total. The van der Waals surface area contributed by atoms with Gasteiger partial charge in [0.25, 0.3) is 0 Å². The van der Waals surface area contributed by atoms with Crippen molar-refractivity contribution in [2.75, 3.05) is 19.8 Å². The van der Waals surface area contributed by atoms with Crippen LogP contribution in [0.2, 0.25) is 0 Å². The van der Waals surface area contributed by atoms with Crippen LogP contribution in [0.15, 0.2) is 35.5 Å². The predicted octanol–water partition coefficient (Wildman–Crippen LogP) is 2.46. The Morgan fingerprint density at radius 1 is 1.17 bits per heavy atom. The molecule has 0 saturated heterocycles. The number of esters is 1. The summed E-state index contributed by atoms with van der Waals surface area (Å²) < 4.78 is 10.4. The molecule has 1 aromatic carbocycles. The number of hydrogen-bond acceptors (Lipinski definition) is 4. The Bertz CT molecular complexity index is 622. The first kappa shape index (κ1) is 18.0. The van der Waals surface area contributed by atoms with Crippen LogP contribution in [-0.4, -0.2) is 31.8 Å². The Kier molecular flexibility index (Phi) is 6.37. The van der Waals surface area contributed by atoms with Crippen LogP contribution in [0, 0.1) is 0 Å². The summed E-state index contributed by atoms with van der Waals surface area (Å²) in [5.41, 5.74) is 2.96. The monoisotopic (exact) mass is 332 g/mol. The molecule has 130 valence electrons. The zero-order chi connectivity index (χ0) is 17.5. The molecule has 1 atom stereocenters. The molecule has 2 amide bonds. The van der Waals surface area contributed by atoms with E-state index >= 15 is 0 Å². The van der Waals surface area contributed by atoms with E-state index in [4.69, 9.17) is 9.47 Å². The Hall–Kier alpha value is -2.34. The lowest BCUT2D eigenvalue weighted by molar-refractivity contribution is -0.141.